The molecule has 1 aliphatic heterocycles. The molecule has 2 rings (SSSR count). The van der Waals surface area contributed by atoms with Crippen LogP contribution in [0.5, 0.6) is 0 Å². The molecule has 1 saturated heterocycles. The van der Waals surface area contributed by atoms with Gasteiger partial charge in [-0.1, -0.05) is 0 Å². The summed E-state index contributed by atoms with van der Waals surface area (Å²) in [6, 6.07) is 0. The first kappa shape index (κ1) is 12.6. The molecule has 7 nitrogen and oxygen atoms in total. The van der Waals surface area contributed by atoms with Crippen LogP contribution in [0.4, 0.5) is 11.8 Å². The second-order valence-electron chi connectivity index (χ2n) is 4.53. The topological polar surface area (TPSA) is 110 Å². The highest BCUT2D eigenvalue weighted by molar-refractivity contribution is 5.77. The Hall–Kier alpha value is -1.89. The normalized spacial score (nSPS) is 19.7. The summed E-state index contributed by atoms with van der Waals surface area (Å²) < 4.78 is 0. The predicted molar refractivity (Wildman–Crippen MR) is 68.7 cm³/mol. The minimum Gasteiger partial charge on any atom is -0.369 e. The number of nitrogens with zero attached hydrogens (tertiary/aromatic N) is 3. The van der Waals surface area contributed by atoms with Crippen molar-refractivity contribution in [1.82, 2.24) is 9.97 Å². The number of anilines is 2. The number of hydrogen-bond acceptors (Lipinski definition) is 6. The summed E-state index contributed by atoms with van der Waals surface area (Å²) >= 11 is 0. The number of carbonyl (C=O) groups is 1. The van der Waals surface area contributed by atoms with Gasteiger partial charge in [0, 0.05) is 24.8 Å². The highest BCUT2D eigenvalue weighted by Crippen LogP contribution is 2.24. The number of amides is 1. The fourth-order valence-electron chi connectivity index (χ4n) is 2.22. The van der Waals surface area contributed by atoms with Crippen molar-refractivity contribution in [2.75, 3.05) is 23.4 Å². The minimum absolute atomic E-state index is 0.109. The standard InChI is InChI=1S/C11H18N6O/c1-7-5-14-11(16-13)15-10(7)17-4-2-3-8(6-17)9(12)18/h5,8H,2-4,6,13H2,1H3,(H2,12,18)(H,14,15,16). The van der Waals surface area contributed by atoms with Gasteiger partial charge in [0.05, 0.1) is 5.92 Å². The van der Waals surface area contributed by atoms with Gasteiger partial charge in [-0.3, -0.25) is 10.2 Å². The number of aromatic nitrogens is 2. The second kappa shape index (κ2) is 5.18. The Bertz CT molecular complexity index is 449. The SMILES string of the molecule is Cc1cnc(NN)nc1N1CCCC(C(N)=O)C1. The minimum atomic E-state index is -0.247. The number of piperidine rings is 1. The van der Waals surface area contributed by atoms with Crippen LogP contribution in [-0.4, -0.2) is 29.0 Å². The van der Waals surface area contributed by atoms with Crippen molar-refractivity contribution in [2.24, 2.45) is 17.5 Å². The predicted octanol–water partition coefficient (Wildman–Crippen LogP) is -0.228. The van der Waals surface area contributed by atoms with Gasteiger partial charge >= 0.3 is 0 Å². The van der Waals surface area contributed by atoms with Gasteiger partial charge in [0.2, 0.25) is 11.9 Å². The highest BCUT2D eigenvalue weighted by atomic mass is 16.1. The molecular formula is C11H18N6O. The van der Waals surface area contributed by atoms with E-state index in [4.69, 9.17) is 11.6 Å². The fourth-order valence-corrected chi connectivity index (χ4v) is 2.22. The molecule has 98 valence electrons. The zero-order valence-corrected chi connectivity index (χ0v) is 10.4. The first-order chi connectivity index (χ1) is 8.61. The zero-order valence-electron chi connectivity index (χ0n) is 10.4. The van der Waals surface area contributed by atoms with Crippen LogP contribution in [0.2, 0.25) is 0 Å². The van der Waals surface area contributed by atoms with Gasteiger partial charge in [-0.15, -0.1) is 0 Å². The van der Waals surface area contributed by atoms with Crippen LogP contribution in [0.15, 0.2) is 6.20 Å². The van der Waals surface area contributed by atoms with E-state index in [9.17, 15) is 4.79 Å². The van der Waals surface area contributed by atoms with Crippen molar-refractivity contribution in [2.45, 2.75) is 19.8 Å². The summed E-state index contributed by atoms with van der Waals surface area (Å²) in [7, 11) is 0. The molecule has 1 aliphatic rings. The molecule has 1 aromatic rings. The van der Waals surface area contributed by atoms with Crippen LogP contribution in [0, 0.1) is 12.8 Å². The molecular weight excluding hydrogens is 232 g/mol. The van der Waals surface area contributed by atoms with Crippen LogP contribution in [0.3, 0.4) is 0 Å². The van der Waals surface area contributed by atoms with Crippen LogP contribution in [0.1, 0.15) is 18.4 Å². The van der Waals surface area contributed by atoms with Crippen molar-refractivity contribution >= 4 is 17.7 Å². The van der Waals surface area contributed by atoms with Crippen molar-refractivity contribution in [3.63, 3.8) is 0 Å². The van der Waals surface area contributed by atoms with E-state index in [1.54, 1.807) is 6.20 Å². The zero-order chi connectivity index (χ0) is 13.1. The first-order valence-corrected chi connectivity index (χ1v) is 5.96. The number of carbonyl (C=O) groups excluding carboxylic acids is 1. The third-order valence-corrected chi connectivity index (χ3v) is 3.20. The maximum absolute atomic E-state index is 11.3. The second-order valence-corrected chi connectivity index (χ2v) is 4.53. The monoisotopic (exact) mass is 250 g/mol. The number of nitrogen functional groups attached to an aromatic ring is 1. The average molecular weight is 250 g/mol. The van der Waals surface area contributed by atoms with E-state index in [0.29, 0.717) is 12.5 Å². The van der Waals surface area contributed by atoms with Gasteiger partial charge in [0.25, 0.3) is 0 Å². The quantitative estimate of drug-likeness (QED) is 0.505. The molecule has 1 atom stereocenters. The largest absolute Gasteiger partial charge is 0.369 e. The van der Waals surface area contributed by atoms with Gasteiger partial charge in [0.1, 0.15) is 5.82 Å². The lowest BCUT2D eigenvalue weighted by Crippen LogP contribution is -2.42. The van der Waals surface area contributed by atoms with Crippen molar-refractivity contribution in [1.29, 1.82) is 0 Å². The lowest BCUT2D eigenvalue weighted by atomic mass is 9.97. The summed E-state index contributed by atoms with van der Waals surface area (Å²) in [5, 5.41) is 0. The number of nitrogens with one attached hydrogen (secondary N) is 1. The van der Waals surface area contributed by atoms with Crippen LogP contribution >= 0.6 is 0 Å². The summed E-state index contributed by atoms with van der Waals surface area (Å²) in [6.07, 6.45) is 3.49. The van der Waals surface area contributed by atoms with E-state index in [-0.39, 0.29) is 11.8 Å². The molecule has 1 amide bonds. The third-order valence-electron chi connectivity index (χ3n) is 3.20. The molecule has 7 heteroatoms. The molecule has 0 bridgehead atoms. The van der Waals surface area contributed by atoms with Crippen LogP contribution in [-0.2, 0) is 4.79 Å². The lowest BCUT2D eigenvalue weighted by Gasteiger charge is -2.32. The third kappa shape index (κ3) is 2.51. The average Bonchev–Trinajstić information content (AvgIpc) is 2.39. The Balaban J connectivity index is 2.22. The van der Waals surface area contributed by atoms with Gasteiger partial charge in [-0.25, -0.2) is 10.8 Å². The summed E-state index contributed by atoms with van der Waals surface area (Å²) in [5.74, 6) is 6.13. The van der Waals surface area contributed by atoms with Gasteiger partial charge < -0.3 is 10.6 Å². The first-order valence-electron chi connectivity index (χ1n) is 5.96. The van der Waals surface area contributed by atoms with Crippen molar-refractivity contribution in [3.8, 4) is 0 Å². The summed E-state index contributed by atoms with van der Waals surface area (Å²) in [6.45, 7) is 3.41. The molecule has 1 aromatic heterocycles. The van der Waals surface area contributed by atoms with Gasteiger partial charge in [-0.05, 0) is 19.8 Å². The van der Waals surface area contributed by atoms with Crippen LogP contribution < -0.4 is 21.9 Å². The van der Waals surface area contributed by atoms with E-state index in [1.165, 1.54) is 0 Å². The summed E-state index contributed by atoms with van der Waals surface area (Å²) in [5.41, 5.74) is 8.76. The molecule has 5 N–H and O–H groups in total. The van der Waals surface area contributed by atoms with E-state index in [2.05, 4.69) is 20.3 Å². The number of rotatable bonds is 3. The molecule has 1 unspecified atom stereocenters. The van der Waals surface area contributed by atoms with Crippen molar-refractivity contribution < 1.29 is 4.79 Å². The number of hydrazine groups is 1. The van der Waals surface area contributed by atoms with Crippen molar-refractivity contribution in [3.05, 3.63) is 11.8 Å². The molecule has 0 aromatic carbocycles. The fraction of sp³-hybridized carbons (Fsp3) is 0.545. The molecule has 0 spiro atoms. The Labute approximate surface area is 106 Å². The molecule has 0 saturated carbocycles. The van der Waals surface area contributed by atoms with Gasteiger partial charge in [0.15, 0.2) is 0 Å². The Morgan fingerprint density at radius 1 is 1.61 bits per heavy atom. The Morgan fingerprint density at radius 2 is 2.39 bits per heavy atom. The number of hydrogen-bond donors (Lipinski definition) is 3. The number of aryl methyl sites for hydroxylation is 1. The maximum Gasteiger partial charge on any atom is 0.239 e. The Morgan fingerprint density at radius 3 is 3.06 bits per heavy atom. The molecule has 18 heavy (non-hydrogen) atoms. The maximum atomic E-state index is 11.3. The molecule has 0 radical (unpaired) electrons. The van der Waals surface area contributed by atoms with Crippen LogP contribution in [0.25, 0.3) is 0 Å². The van der Waals surface area contributed by atoms with E-state index >= 15 is 0 Å². The molecule has 2 heterocycles. The van der Waals surface area contributed by atoms with Gasteiger partial charge in [-0.2, -0.15) is 4.98 Å². The number of primary amides is 1. The molecule has 0 aliphatic carbocycles. The highest BCUT2D eigenvalue weighted by Gasteiger charge is 2.25. The van der Waals surface area contributed by atoms with E-state index in [0.717, 1.165) is 30.8 Å². The molecule has 1 fully saturated rings. The summed E-state index contributed by atoms with van der Waals surface area (Å²) in [4.78, 5) is 21.7. The smallest absolute Gasteiger partial charge is 0.239 e. The van der Waals surface area contributed by atoms with E-state index < -0.39 is 0 Å². The lowest BCUT2D eigenvalue weighted by molar-refractivity contribution is -0.122. The van der Waals surface area contributed by atoms with E-state index in [1.807, 2.05) is 6.92 Å². The Kier molecular flexibility index (Phi) is 3.61. The number of nitrogens with two attached hydrogens (primary N) is 2.